The molecule has 0 atom stereocenters. The second-order valence-corrected chi connectivity index (χ2v) is 18.4. The molecule has 0 saturated carbocycles. The Bertz CT molecular complexity index is 4540. The van der Waals surface area contributed by atoms with Crippen molar-refractivity contribution < 1.29 is 4.42 Å². The third-order valence-corrected chi connectivity index (χ3v) is 15.2. The number of hydrogen-bond acceptors (Lipinski definition) is 5. The van der Waals surface area contributed by atoms with Crippen LogP contribution in [0.4, 0.5) is 5.69 Å². The maximum absolute atomic E-state index is 12.1. The summed E-state index contributed by atoms with van der Waals surface area (Å²) in [6.45, 7) is 9.33. The molecule has 6 aromatic heterocycles. The van der Waals surface area contributed by atoms with Crippen molar-refractivity contribution in [3.05, 3.63) is 199 Å². The molecule has 0 saturated heterocycles. The molecule has 15 rings (SSSR count). The summed E-state index contributed by atoms with van der Waals surface area (Å²) in [6.07, 6.45) is 3.74. The lowest BCUT2D eigenvalue weighted by atomic mass is 9.88. The highest BCUT2D eigenvalue weighted by Crippen LogP contribution is 2.55. The Morgan fingerprint density at radius 3 is 1.74 bits per heavy atom. The zero-order chi connectivity index (χ0) is 44.8. The quantitative estimate of drug-likeness (QED) is 0.130. The summed E-state index contributed by atoms with van der Waals surface area (Å²) in [5.74, 6) is 0. The van der Waals surface area contributed by atoms with Crippen molar-refractivity contribution in [1.29, 1.82) is 5.26 Å². The van der Waals surface area contributed by atoms with Gasteiger partial charge in [0.05, 0.1) is 61.3 Å². The van der Waals surface area contributed by atoms with E-state index in [4.69, 9.17) is 14.4 Å². The van der Waals surface area contributed by atoms with Crippen molar-refractivity contribution in [3.8, 4) is 39.7 Å². The Morgan fingerprint density at radius 2 is 1.07 bits per heavy atom. The normalized spacial score (nSPS) is 12.1. The van der Waals surface area contributed by atoms with Crippen LogP contribution in [0, 0.1) is 17.9 Å². The van der Waals surface area contributed by atoms with E-state index in [1.165, 1.54) is 10.1 Å². The zero-order valence-corrected chi connectivity index (χ0v) is 36.6. The van der Waals surface area contributed by atoms with E-state index in [1.807, 2.05) is 91.3 Å². The predicted molar refractivity (Wildman–Crippen MR) is 279 cm³/mol. The van der Waals surface area contributed by atoms with Gasteiger partial charge in [0.15, 0.2) is 5.58 Å². The Morgan fingerprint density at radius 1 is 0.515 bits per heavy atom. The summed E-state index contributed by atoms with van der Waals surface area (Å²) in [5, 5.41) is 22.4. The first kappa shape index (κ1) is 36.9. The van der Waals surface area contributed by atoms with Crippen LogP contribution in [0.5, 0.6) is 0 Å². The number of para-hydroxylation sites is 1. The Hall–Kier alpha value is -9.34. The molecule has 8 heteroatoms. The number of benzene rings is 9. The second kappa shape index (κ2) is 13.6. The van der Waals surface area contributed by atoms with Crippen LogP contribution in [-0.2, 0) is 0 Å². The van der Waals surface area contributed by atoms with E-state index < -0.39 is 0 Å². The second-order valence-electron chi connectivity index (χ2n) is 17.3. The summed E-state index contributed by atoms with van der Waals surface area (Å²) >= 11 is 1.76. The number of aromatic nitrogens is 4. The van der Waals surface area contributed by atoms with Crippen LogP contribution in [0.3, 0.4) is 0 Å². The number of pyridine rings is 2. The number of hydrogen-bond donors (Lipinski definition) is 0. The highest BCUT2D eigenvalue weighted by molar-refractivity contribution is 7.26. The third-order valence-electron chi connectivity index (χ3n) is 14.0. The van der Waals surface area contributed by atoms with Crippen LogP contribution in [0.1, 0.15) is 5.56 Å². The van der Waals surface area contributed by atoms with Gasteiger partial charge in [0.2, 0.25) is 5.69 Å². The van der Waals surface area contributed by atoms with Crippen LogP contribution in [0.2, 0.25) is 0 Å². The van der Waals surface area contributed by atoms with Gasteiger partial charge >= 0.3 is 0 Å². The average Bonchev–Trinajstić information content (AvgIpc) is 4.16. The van der Waals surface area contributed by atoms with E-state index >= 15 is 0 Å². The molecule has 0 radical (unpaired) electrons. The molecule has 0 spiro atoms. The fourth-order valence-electron chi connectivity index (χ4n) is 11.3. The van der Waals surface area contributed by atoms with Crippen molar-refractivity contribution in [1.82, 2.24) is 19.1 Å². The van der Waals surface area contributed by atoms with Crippen molar-refractivity contribution >= 4 is 125 Å². The molecule has 0 aliphatic heterocycles. The first-order valence-corrected chi connectivity index (χ1v) is 23.2. The zero-order valence-electron chi connectivity index (χ0n) is 35.8. The molecule has 0 unspecified atom stereocenters. The van der Waals surface area contributed by atoms with Gasteiger partial charge in [0, 0.05) is 82.1 Å². The van der Waals surface area contributed by atoms with Gasteiger partial charge in [0.1, 0.15) is 11.7 Å². The minimum Gasteiger partial charge on any atom is -0.454 e. The fraction of sp³-hybridized carbons (Fsp3) is 0. The third kappa shape index (κ3) is 4.68. The fourth-order valence-corrected chi connectivity index (χ4v) is 12.6. The van der Waals surface area contributed by atoms with Gasteiger partial charge in [-0.15, -0.1) is 11.3 Å². The van der Waals surface area contributed by atoms with Gasteiger partial charge in [-0.05, 0) is 41.5 Å². The smallest absolute Gasteiger partial charge is 0.220 e. The number of fused-ring (bicyclic) bond motifs is 14. The van der Waals surface area contributed by atoms with E-state index in [9.17, 15) is 11.8 Å². The van der Waals surface area contributed by atoms with E-state index in [2.05, 4.69) is 111 Å². The Kier molecular flexibility index (Phi) is 7.39. The molecule has 7 nitrogen and oxygen atoms in total. The van der Waals surface area contributed by atoms with E-state index in [-0.39, 0.29) is 0 Å². The van der Waals surface area contributed by atoms with Crippen LogP contribution < -0.4 is 0 Å². The van der Waals surface area contributed by atoms with Crippen LogP contribution in [0.15, 0.2) is 187 Å². The maximum atomic E-state index is 12.1. The standard InChI is InChI=1S/C60H30N6OS/c1-62-54-48(33-14-4-2-5-15-33)43(32-61)55(49(34-16-6-3-7-17-34)58(54)65-44-28-30-63-52-37-20-8-9-21-38(37)53-51(50(44)52)45(65)29-31-64-53)66-56-39(24-26-41-35-18-10-12-22-46(35)67-59(41)56)40-25-27-42-36-19-11-13-23-47(36)68-60(42)57(40)66/h2-31H. The largest absolute Gasteiger partial charge is 0.454 e. The Balaban J connectivity index is 1.26. The van der Waals surface area contributed by atoms with Gasteiger partial charge in [-0.2, -0.15) is 5.26 Å². The van der Waals surface area contributed by atoms with Crippen LogP contribution in [0.25, 0.3) is 146 Å². The lowest BCUT2D eigenvalue weighted by Gasteiger charge is -2.25. The molecule has 0 aliphatic rings. The van der Waals surface area contributed by atoms with Crippen LogP contribution >= 0.6 is 11.3 Å². The van der Waals surface area contributed by atoms with Crippen molar-refractivity contribution in [2.75, 3.05) is 0 Å². The number of rotatable bonds is 4. The first-order valence-electron chi connectivity index (χ1n) is 22.4. The minimum atomic E-state index is 0.365. The summed E-state index contributed by atoms with van der Waals surface area (Å²) in [6, 6.07) is 61.0. The molecule has 9 aromatic carbocycles. The molecule has 0 amide bonds. The molecule has 6 heterocycles. The molecule has 0 N–H and O–H groups in total. The monoisotopic (exact) mass is 882 g/mol. The topological polar surface area (TPSA) is 76.9 Å². The predicted octanol–water partition coefficient (Wildman–Crippen LogP) is 16.4. The molecule has 0 aliphatic carbocycles. The number of furan rings is 1. The molecule has 0 bridgehead atoms. The van der Waals surface area contributed by atoms with Gasteiger partial charge in [-0.1, -0.05) is 140 Å². The van der Waals surface area contributed by atoms with Crippen LogP contribution in [-0.4, -0.2) is 19.1 Å². The lowest BCUT2D eigenvalue weighted by Crippen LogP contribution is -2.09. The first-order chi connectivity index (χ1) is 33.7. The number of nitrogens with zero attached hydrogens (tertiary/aromatic N) is 6. The lowest BCUT2D eigenvalue weighted by molar-refractivity contribution is 0.671. The summed E-state index contributed by atoms with van der Waals surface area (Å²) in [5.41, 5.74) is 11.8. The molecule has 0 fully saturated rings. The molecule has 68 heavy (non-hydrogen) atoms. The van der Waals surface area contributed by atoms with E-state index in [0.29, 0.717) is 28.2 Å². The summed E-state index contributed by atoms with van der Waals surface area (Å²) < 4.78 is 13.9. The van der Waals surface area contributed by atoms with Crippen molar-refractivity contribution in [2.24, 2.45) is 0 Å². The maximum Gasteiger partial charge on any atom is 0.220 e. The van der Waals surface area contributed by atoms with Gasteiger partial charge in [-0.25, -0.2) is 4.85 Å². The van der Waals surface area contributed by atoms with E-state index in [0.717, 1.165) is 114 Å². The van der Waals surface area contributed by atoms with Crippen molar-refractivity contribution in [3.63, 3.8) is 0 Å². The average molecular weight is 883 g/mol. The van der Waals surface area contributed by atoms with Gasteiger partial charge in [0.25, 0.3) is 0 Å². The summed E-state index contributed by atoms with van der Waals surface area (Å²) in [4.78, 5) is 14.6. The van der Waals surface area contributed by atoms with E-state index in [1.54, 1.807) is 11.3 Å². The minimum absolute atomic E-state index is 0.365. The molecule has 312 valence electrons. The highest BCUT2D eigenvalue weighted by Gasteiger charge is 2.34. The molecular formula is C60H30N6OS. The van der Waals surface area contributed by atoms with Gasteiger partial charge in [-0.3, -0.25) is 9.97 Å². The summed E-state index contributed by atoms with van der Waals surface area (Å²) in [7, 11) is 0. The van der Waals surface area contributed by atoms with Gasteiger partial charge < -0.3 is 13.6 Å². The number of thiophene rings is 1. The molecular weight excluding hydrogens is 853 g/mol. The highest BCUT2D eigenvalue weighted by atomic mass is 32.1. The number of nitriles is 1. The Labute approximate surface area is 390 Å². The van der Waals surface area contributed by atoms with Crippen molar-refractivity contribution in [2.45, 2.75) is 0 Å². The molecule has 15 aromatic rings. The SMILES string of the molecule is [C-]#[N+]c1c(-c2ccccc2)c(C#N)c(-n2c3c(ccc4c5ccccc5oc43)c3ccc4c5ccccc5sc4c32)c(-c2ccccc2)c1-n1c2ccnc3c4ccccc4c4nccc1c4c32.